The number of nitrogens with one attached hydrogen (secondary N) is 2. The van der Waals surface area contributed by atoms with E-state index in [0.717, 1.165) is 17.0 Å². The maximum atomic E-state index is 12.9. The summed E-state index contributed by atoms with van der Waals surface area (Å²) in [6.45, 7) is 0.273. The molecule has 6 heteroatoms. The predicted molar refractivity (Wildman–Crippen MR) is 82.7 cm³/mol. The third-order valence-corrected chi connectivity index (χ3v) is 3.71. The van der Waals surface area contributed by atoms with E-state index in [1.54, 1.807) is 0 Å². The molecule has 2 N–H and O–H groups in total. The molecular formula is C17H12FN3O2. The van der Waals surface area contributed by atoms with Crippen LogP contribution < -0.4 is 10.1 Å². The summed E-state index contributed by atoms with van der Waals surface area (Å²) >= 11 is 0. The lowest BCUT2D eigenvalue weighted by Gasteiger charge is -2.17. The Balaban J connectivity index is 1.65. The molecule has 0 unspecified atom stereocenters. The van der Waals surface area contributed by atoms with E-state index in [9.17, 15) is 9.18 Å². The fourth-order valence-electron chi connectivity index (χ4n) is 2.58. The van der Waals surface area contributed by atoms with E-state index in [2.05, 4.69) is 15.5 Å². The number of nitrogens with zero attached hydrogens (tertiary/aromatic N) is 1. The van der Waals surface area contributed by atoms with Gasteiger partial charge in [0.2, 0.25) is 0 Å². The SMILES string of the molecule is O=C(Nc1ccc(F)cc1)c1[nH]nc2c1COc1ccccc1-2. The van der Waals surface area contributed by atoms with Crippen molar-refractivity contribution in [2.45, 2.75) is 6.61 Å². The molecule has 4 rings (SSSR count). The molecule has 0 saturated carbocycles. The predicted octanol–water partition coefficient (Wildman–Crippen LogP) is 3.36. The van der Waals surface area contributed by atoms with E-state index >= 15 is 0 Å². The quantitative estimate of drug-likeness (QED) is 0.763. The number of rotatable bonds is 2. The van der Waals surface area contributed by atoms with Crippen molar-refractivity contribution >= 4 is 11.6 Å². The molecule has 0 saturated heterocycles. The number of aromatic nitrogens is 2. The summed E-state index contributed by atoms with van der Waals surface area (Å²) in [4.78, 5) is 12.4. The number of benzene rings is 2. The first-order valence-electron chi connectivity index (χ1n) is 7.09. The molecule has 0 fully saturated rings. The van der Waals surface area contributed by atoms with Crippen molar-refractivity contribution in [3.63, 3.8) is 0 Å². The van der Waals surface area contributed by atoms with Gasteiger partial charge in [0.05, 0.1) is 0 Å². The summed E-state index contributed by atoms with van der Waals surface area (Å²) < 4.78 is 18.6. The highest BCUT2D eigenvalue weighted by Crippen LogP contribution is 2.37. The van der Waals surface area contributed by atoms with Crippen molar-refractivity contribution in [1.29, 1.82) is 0 Å². The minimum atomic E-state index is -0.355. The lowest BCUT2D eigenvalue weighted by atomic mass is 10.0. The van der Waals surface area contributed by atoms with Gasteiger partial charge in [-0.25, -0.2) is 4.39 Å². The molecular weight excluding hydrogens is 297 g/mol. The van der Waals surface area contributed by atoms with Crippen molar-refractivity contribution in [3.05, 3.63) is 65.6 Å². The van der Waals surface area contributed by atoms with Gasteiger partial charge in [-0.3, -0.25) is 9.89 Å². The van der Waals surface area contributed by atoms with Crippen LogP contribution in [0.2, 0.25) is 0 Å². The minimum absolute atomic E-state index is 0.273. The van der Waals surface area contributed by atoms with Gasteiger partial charge in [0, 0.05) is 16.8 Å². The number of hydrogen-bond acceptors (Lipinski definition) is 3. The molecule has 23 heavy (non-hydrogen) atoms. The number of fused-ring (bicyclic) bond motifs is 3. The molecule has 1 amide bonds. The zero-order chi connectivity index (χ0) is 15.8. The minimum Gasteiger partial charge on any atom is -0.488 e. The van der Waals surface area contributed by atoms with Crippen LogP contribution in [0.1, 0.15) is 16.1 Å². The number of aromatic amines is 1. The average Bonchev–Trinajstić information content (AvgIpc) is 3.01. The lowest BCUT2D eigenvalue weighted by Crippen LogP contribution is -2.16. The maximum absolute atomic E-state index is 12.9. The van der Waals surface area contributed by atoms with E-state index in [1.807, 2.05) is 24.3 Å². The zero-order valence-electron chi connectivity index (χ0n) is 12.0. The topological polar surface area (TPSA) is 67.0 Å². The molecule has 0 radical (unpaired) electrons. The average molecular weight is 309 g/mol. The van der Waals surface area contributed by atoms with Crippen molar-refractivity contribution in [3.8, 4) is 17.0 Å². The van der Waals surface area contributed by atoms with E-state index in [1.165, 1.54) is 24.3 Å². The van der Waals surface area contributed by atoms with Gasteiger partial charge in [0.15, 0.2) is 0 Å². The van der Waals surface area contributed by atoms with E-state index < -0.39 is 0 Å². The van der Waals surface area contributed by atoms with Crippen molar-refractivity contribution in [2.24, 2.45) is 0 Å². The van der Waals surface area contributed by atoms with Crippen LogP contribution >= 0.6 is 0 Å². The van der Waals surface area contributed by atoms with Crippen LogP contribution in [0.5, 0.6) is 5.75 Å². The Morgan fingerprint density at radius 1 is 1.17 bits per heavy atom. The maximum Gasteiger partial charge on any atom is 0.274 e. The Morgan fingerprint density at radius 3 is 2.78 bits per heavy atom. The van der Waals surface area contributed by atoms with Gasteiger partial charge < -0.3 is 10.1 Å². The van der Waals surface area contributed by atoms with Crippen LogP contribution in [0.15, 0.2) is 48.5 Å². The van der Waals surface area contributed by atoms with Crippen molar-refractivity contribution < 1.29 is 13.9 Å². The Bertz CT molecular complexity index is 887. The number of H-pyrrole nitrogens is 1. The molecule has 3 aromatic rings. The van der Waals surface area contributed by atoms with E-state index in [0.29, 0.717) is 16.9 Å². The smallest absolute Gasteiger partial charge is 0.274 e. The molecule has 1 aliphatic heterocycles. The summed E-state index contributed by atoms with van der Waals surface area (Å²) in [6.07, 6.45) is 0. The number of hydrogen-bond donors (Lipinski definition) is 2. The Kier molecular flexibility index (Phi) is 3.08. The highest BCUT2D eigenvalue weighted by Gasteiger charge is 2.26. The molecule has 2 aromatic carbocycles. The van der Waals surface area contributed by atoms with Crippen LogP contribution in [0.25, 0.3) is 11.3 Å². The van der Waals surface area contributed by atoms with Crippen molar-refractivity contribution in [2.75, 3.05) is 5.32 Å². The molecule has 5 nitrogen and oxygen atoms in total. The van der Waals surface area contributed by atoms with E-state index in [4.69, 9.17) is 4.74 Å². The monoisotopic (exact) mass is 309 g/mol. The van der Waals surface area contributed by atoms with Gasteiger partial charge >= 0.3 is 0 Å². The Hall–Kier alpha value is -3.15. The van der Waals surface area contributed by atoms with Gasteiger partial charge in [-0.2, -0.15) is 5.10 Å². The van der Waals surface area contributed by atoms with Crippen molar-refractivity contribution in [1.82, 2.24) is 10.2 Å². The lowest BCUT2D eigenvalue weighted by molar-refractivity contribution is 0.101. The molecule has 1 aliphatic rings. The molecule has 2 heterocycles. The van der Waals surface area contributed by atoms with Crippen LogP contribution in [0, 0.1) is 5.82 Å². The van der Waals surface area contributed by atoms with Crippen LogP contribution in [-0.2, 0) is 6.61 Å². The molecule has 0 bridgehead atoms. The summed E-state index contributed by atoms with van der Waals surface area (Å²) in [7, 11) is 0. The first-order valence-corrected chi connectivity index (χ1v) is 7.09. The third-order valence-electron chi connectivity index (χ3n) is 3.71. The second kappa shape index (κ2) is 5.24. The van der Waals surface area contributed by atoms with Crippen LogP contribution in [0.3, 0.4) is 0 Å². The highest BCUT2D eigenvalue weighted by atomic mass is 19.1. The third kappa shape index (κ3) is 2.34. The second-order valence-corrected chi connectivity index (χ2v) is 5.17. The van der Waals surface area contributed by atoms with Gasteiger partial charge in [-0.15, -0.1) is 0 Å². The standard InChI is InChI=1S/C17H12FN3O2/c18-10-5-7-11(8-6-10)19-17(22)16-13-9-23-14-4-2-1-3-12(14)15(13)20-21-16/h1-8H,9H2,(H,19,22)(H,20,21). The van der Waals surface area contributed by atoms with E-state index in [-0.39, 0.29) is 18.3 Å². The molecule has 114 valence electrons. The van der Waals surface area contributed by atoms with Gasteiger partial charge in [-0.1, -0.05) is 12.1 Å². The van der Waals surface area contributed by atoms with Crippen LogP contribution in [0.4, 0.5) is 10.1 Å². The number of carbonyl (C=O) groups is 1. The number of halogens is 1. The largest absolute Gasteiger partial charge is 0.488 e. The number of carbonyl (C=O) groups excluding carboxylic acids is 1. The van der Waals surface area contributed by atoms with Crippen LogP contribution in [-0.4, -0.2) is 16.1 Å². The summed E-state index contributed by atoms with van der Waals surface area (Å²) in [6, 6.07) is 13.1. The van der Waals surface area contributed by atoms with Gasteiger partial charge in [0.25, 0.3) is 5.91 Å². The molecule has 0 aliphatic carbocycles. The molecule has 0 spiro atoms. The number of ether oxygens (including phenoxy) is 1. The molecule has 0 atom stereocenters. The fourth-order valence-corrected chi connectivity index (χ4v) is 2.58. The van der Waals surface area contributed by atoms with Gasteiger partial charge in [-0.05, 0) is 36.4 Å². The van der Waals surface area contributed by atoms with Gasteiger partial charge in [0.1, 0.15) is 29.6 Å². The summed E-state index contributed by atoms with van der Waals surface area (Å²) in [5, 5.41) is 9.73. The fraction of sp³-hybridized carbons (Fsp3) is 0.0588. The first-order chi connectivity index (χ1) is 11.2. The number of amides is 1. The summed E-state index contributed by atoms with van der Waals surface area (Å²) in [5.41, 5.74) is 3.14. The summed E-state index contributed by atoms with van der Waals surface area (Å²) in [5.74, 6) is 0.0530. The zero-order valence-corrected chi connectivity index (χ0v) is 12.0. The molecule has 1 aromatic heterocycles. The second-order valence-electron chi connectivity index (χ2n) is 5.17. The number of para-hydroxylation sites is 1. The highest BCUT2D eigenvalue weighted by molar-refractivity contribution is 6.05. The Labute approximate surface area is 131 Å². The number of anilines is 1. The normalized spacial score (nSPS) is 12.0. The first kappa shape index (κ1) is 13.5. The Morgan fingerprint density at radius 2 is 1.96 bits per heavy atom.